The third kappa shape index (κ3) is 3.96. The van der Waals surface area contributed by atoms with Crippen LogP contribution >= 0.6 is 11.8 Å². The van der Waals surface area contributed by atoms with Gasteiger partial charge in [-0.3, -0.25) is 4.79 Å². The maximum absolute atomic E-state index is 11.9. The Morgan fingerprint density at radius 3 is 2.82 bits per heavy atom. The summed E-state index contributed by atoms with van der Waals surface area (Å²) < 4.78 is 1.90. The molecule has 112 valence electrons. The quantitative estimate of drug-likeness (QED) is 0.654. The number of aryl methyl sites for hydroxylation is 1. The predicted molar refractivity (Wildman–Crippen MR) is 85.5 cm³/mol. The van der Waals surface area contributed by atoms with Crippen LogP contribution in [0, 0.1) is 18.3 Å². The van der Waals surface area contributed by atoms with Gasteiger partial charge in [0.2, 0.25) is 5.91 Å². The molecule has 6 nitrogen and oxygen atoms in total. The number of aromatic nitrogens is 3. The summed E-state index contributed by atoms with van der Waals surface area (Å²) in [6, 6.07) is 8.75. The molecule has 2 aromatic rings. The Labute approximate surface area is 132 Å². The number of amides is 1. The Morgan fingerprint density at radius 2 is 2.18 bits per heavy atom. The lowest BCUT2D eigenvalue weighted by Gasteiger charge is -2.06. The van der Waals surface area contributed by atoms with Crippen molar-refractivity contribution in [2.45, 2.75) is 18.6 Å². The van der Waals surface area contributed by atoms with E-state index in [9.17, 15) is 4.79 Å². The molecule has 0 aliphatic rings. The number of nitrogens with one attached hydrogen (secondary N) is 1. The van der Waals surface area contributed by atoms with Gasteiger partial charge in [0.25, 0.3) is 0 Å². The van der Waals surface area contributed by atoms with E-state index in [1.54, 1.807) is 30.3 Å². The Hall–Kier alpha value is -2.59. The van der Waals surface area contributed by atoms with E-state index >= 15 is 0 Å². The van der Waals surface area contributed by atoms with Crippen LogP contribution < -0.4 is 5.32 Å². The topological polar surface area (TPSA) is 83.6 Å². The minimum Gasteiger partial charge on any atom is -0.325 e. The summed E-state index contributed by atoms with van der Waals surface area (Å²) in [7, 11) is 0. The molecule has 0 unspecified atom stereocenters. The monoisotopic (exact) mass is 313 g/mol. The molecule has 0 atom stereocenters. The van der Waals surface area contributed by atoms with Crippen LogP contribution in [0.5, 0.6) is 0 Å². The normalized spacial score (nSPS) is 10.0. The van der Waals surface area contributed by atoms with Crippen molar-refractivity contribution in [1.29, 1.82) is 5.26 Å². The lowest BCUT2D eigenvalue weighted by Crippen LogP contribution is -2.14. The van der Waals surface area contributed by atoms with Gasteiger partial charge in [-0.25, -0.2) is 0 Å². The first-order valence-electron chi connectivity index (χ1n) is 6.57. The van der Waals surface area contributed by atoms with Gasteiger partial charge in [0.05, 0.1) is 17.4 Å². The summed E-state index contributed by atoms with van der Waals surface area (Å²) in [6.07, 6.45) is 1.76. The van der Waals surface area contributed by atoms with E-state index in [1.165, 1.54) is 11.8 Å². The molecule has 1 aromatic heterocycles. The standard InChI is InChI=1S/C15H15N5OS/c1-3-8-20-11(2)18-19-15(20)22-10-14(21)17-13-6-4-12(9-16)5-7-13/h3-7H,1,8,10H2,2H3,(H,17,21). The van der Waals surface area contributed by atoms with Gasteiger partial charge in [0.15, 0.2) is 5.16 Å². The third-order valence-corrected chi connectivity index (χ3v) is 3.81. The van der Waals surface area contributed by atoms with E-state index in [0.29, 0.717) is 23.0 Å². The van der Waals surface area contributed by atoms with Gasteiger partial charge in [-0.1, -0.05) is 17.8 Å². The third-order valence-electron chi connectivity index (χ3n) is 2.84. The van der Waals surface area contributed by atoms with Gasteiger partial charge in [0.1, 0.15) is 5.82 Å². The average Bonchev–Trinajstić information content (AvgIpc) is 2.87. The van der Waals surface area contributed by atoms with Crippen molar-refractivity contribution in [3.05, 3.63) is 48.3 Å². The van der Waals surface area contributed by atoms with Crippen molar-refractivity contribution in [2.24, 2.45) is 0 Å². The zero-order valence-electron chi connectivity index (χ0n) is 12.1. The van der Waals surface area contributed by atoms with Crippen molar-refractivity contribution in [3.63, 3.8) is 0 Å². The van der Waals surface area contributed by atoms with E-state index < -0.39 is 0 Å². The number of hydrogen-bond donors (Lipinski definition) is 1. The molecule has 7 heteroatoms. The molecule has 0 bridgehead atoms. The molecule has 0 radical (unpaired) electrons. The minimum atomic E-state index is -0.138. The van der Waals surface area contributed by atoms with Crippen molar-refractivity contribution in [2.75, 3.05) is 11.1 Å². The molecular weight excluding hydrogens is 298 g/mol. The number of hydrogen-bond acceptors (Lipinski definition) is 5. The fraction of sp³-hybridized carbons (Fsp3) is 0.200. The van der Waals surface area contributed by atoms with Crippen molar-refractivity contribution < 1.29 is 4.79 Å². The lowest BCUT2D eigenvalue weighted by molar-refractivity contribution is -0.113. The smallest absolute Gasteiger partial charge is 0.234 e. The highest BCUT2D eigenvalue weighted by Crippen LogP contribution is 2.17. The molecule has 0 spiro atoms. The molecule has 2 rings (SSSR count). The van der Waals surface area contributed by atoms with Gasteiger partial charge < -0.3 is 9.88 Å². The molecule has 0 aliphatic carbocycles. The van der Waals surface area contributed by atoms with E-state index in [1.807, 2.05) is 17.6 Å². The summed E-state index contributed by atoms with van der Waals surface area (Å²) in [5.74, 6) is 0.880. The number of nitriles is 1. The van der Waals surface area contributed by atoms with Crippen LogP contribution in [0.25, 0.3) is 0 Å². The lowest BCUT2D eigenvalue weighted by atomic mass is 10.2. The van der Waals surface area contributed by atoms with Gasteiger partial charge >= 0.3 is 0 Å². The second-order valence-electron chi connectivity index (χ2n) is 4.46. The van der Waals surface area contributed by atoms with E-state index in [-0.39, 0.29) is 11.7 Å². The van der Waals surface area contributed by atoms with Gasteiger partial charge in [-0.15, -0.1) is 16.8 Å². The predicted octanol–water partition coefficient (Wildman–Crippen LogP) is 2.38. The maximum Gasteiger partial charge on any atom is 0.234 e. The van der Waals surface area contributed by atoms with Gasteiger partial charge in [-0.05, 0) is 31.2 Å². The largest absolute Gasteiger partial charge is 0.325 e. The zero-order valence-corrected chi connectivity index (χ0v) is 12.9. The number of anilines is 1. The molecule has 0 saturated heterocycles. The molecule has 0 saturated carbocycles. The number of nitrogens with zero attached hydrogens (tertiary/aromatic N) is 4. The summed E-state index contributed by atoms with van der Waals surface area (Å²) in [5, 5.41) is 20.2. The SMILES string of the molecule is C=CCn1c(C)nnc1SCC(=O)Nc1ccc(C#N)cc1. The second-order valence-corrected chi connectivity index (χ2v) is 5.40. The molecule has 1 aromatic carbocycles. The van der Waals surface area contributed by atoms with Crippen LogP contribution in [0.1, 0.15) is 11.4 Å². The van der Waals surface area contributed by atoms with Crippen LogP contribution in [0.4, 0.5) is 5.69 Å². The Morgan fingerprint density at radius 1 is 1.45 bits per heavy atom. The van der Waals surface area contributed by atoms with E-state index in [0.717, 1.165) is 5.82 Å². The van der Waals surface area contributed by atoms with Crippen molar-refractivity contribution in [3.8, 4) is 6.07 Å². The average molecular weight is 313 g/mol. The first-order valence-corrected chi connectivity index (χ1v) is 7.56. The molecule has 0 fully saturated rings. The summed E-state index contributed by atoms with van der Waals surface area (Å²) in [5.41, 5.74) is 1.22. The number of allylic oxidation sites excluding steroid dienone is 1. The number of rotatable bonds is 6. The molecule has 1 amide bonds. The fourth-order valence-electron chi connectivity index (χ4n) is 1.76. The molecule has 0 aliphatic heterocycles. The molecule has 22 heavy (non-hydrogen) atoms. The molecule has 1 heterocycles. The van der Waals surface area contributed by atoms with E-state index in [4.69, 9.17) is 5.26 Å². The Kier molecular flexibility index (Phi) is 5.33. The highest BCUT2D eigenvalue weighted by atomic mass is 32.2. The Bertz CT molecular complexity index is 715. The summed E-state index contributed by atoms with van der Waals surface area (Å²) in [6.45, 7) is 6.16. The number of thioether (sulfide) groups is 1. The van der Waals surface area contributed by atoms with Gasteiger partial charge in [0, 0.05) is 12.2 Å². The van der Waals surface area contributed by atoms with E-state index in [2.05, 4.69) is 22.1 Å². The van der Waals surface area contributed by atoms with Crippen LogP contribution in [0.15, 0.2) is 42.1 Å². The maximum atomic E-state index is 11.9. The number of carbonyl (C=O) groups excluding carboxylic acids is 1. The van der Waals surface area contributed by atoms with Crippen molar-refractivity contribution in [1.82, 2.24) is 14.8 Å². The summed E-state index contributed by atoms with van der Waals surface area (Å²) in [4.78, 5) is 11.9. The zero-order chi connectivity index (χ0) is 15.9. The van der Waals surface area contributed by atoms with Crippen LogP contribution in [0.3, 0.4) is 0 Å². The van der Waals surface area contributed by atoms with Crippen molar-refractivity contribution >= 4 is 23.4 Å². The Balaban J connectivity index is 1.92. The molecule has 1 N–H and O–H groups in total. The number of benzene rings is 1. The van der Waals surface area contributed by atoms with Crippen LogP contribution in [-0.4, -0.2) is 26.4 Å². The van der Waals surface area contributed by atoms with Crippen LogP contribution in [-0.2, 0) is 11.3 Å². The first kappa shape index (κ1) is 15.8. The van der Waals surface area contributed by atoms with Gasteiger partial charge in [-0.2, -0.15) is 5.26 Å². The highest BCUT2D eigenvalue weighted by molar-refractivity contribution is 7.99. The first-order chi connectivity index (χ1) is 10.6. The fourth-order valence-corrected chi connectivity index (χ4v) is 2.56. The highest BCUT2D eigenvalue weighted by Gasteiger charge is 2.11. The minimum absolute atomic E-state index is 0.138. The number of carbonyl (C=O) groups is 1. The second kappa shape index (κ2) is 7.43. The molecular formula is C15H15N5OS. The summed E-state index contributed by atoms with van der Waals surface area (Å²) >= 11 is 1.32. The van der Waals surface area contributed by atoms with Crippen LogP contribution in [0.2, 0.25) is 0 Å².